The summed E-state index contributed by atoms with van der Waals surface area (Å²) in [5, 5.41) is 3.12. The summed E-state index contributed by atoms with van der Waals surface area (Å²) >= 11 is 9.05. The molecule has 0 saturated heterocycles. The van der Waals surface area contributed by atoms with Gasteiger partial charge in [-0.25, -0.2) is 4.39 Å². The van der Waals surface area contributed by atoms with Crippen LogP contribution in [0.5, 0.6) is 0 Å². The fraction of sp³-hybridized carbons (Fsp3) is 0. The summed E-state index contributed by atoms with van der Waals surface area (Å²) in [5.41, 5.74) is 0.451. The Labute approximate surface area is 116 Å². The lowest BCUT2D eigenvalue weighted by molar-refractivity contribution is 0.102. The number of aromatic nitrogens is 1. The molecule has 0 aliphatic rings. The van der Waals surface area contributed by atoms with Crippen molar-refractivity contribution in [3.8, 4) is 0 Å². The normalized spacial score (nSPS) is 10.2. The highest BCUT2D eigenvalue weighted by molar-refractivity contribution is 9.10. The van der Waals surface area contributed by atoms with Crippen LogP contribution in [0.1, 0.15) is 10.4 Å². The van der Waals surface area contributed by atoms with Gasteiger partial charge in [0.05, 0.1) is 17.4 Å². The Morgan fingerprint density at radius 1 is 1.39 bits per heavy atom. The molecule has 0 saturated carbocycles. The first-order valence-electron chi connectivity index (χ1n) is 4.94. The summed E-state index contributed by atoms with van der Waals surface area (Å²) in [6.07, 6.45) is 2.35. The Morgan fingerprint density at radius 2 is 2.17 bits per heavy atom. The Bertz CT molecular complexity index is 606. The fourth-order valence-electron chi connectivity index (χ4n) is 1.34. The molecule has 1 aromatic heterocycles. The number of hydrogen-bond acceptors (Lipinski definition) is 2. The molecule has 0 aliphatic heterocycles. The van der Waals surface area contributed by atoms with Gasteiger partial charge in [-0.1, -0.05) is 11.6 Å². The van der Waals surface area contributed by atoms with Crippen molar-refractivity contribution in [2.45, 2.75) is 0 Å². The Kier molecular flexibility index (Phi) is 3.93. The number of carbonyl (C=O) groups is 1. The van der Waals surface area contributed by atoms with Crippen LogP contribution in [0.2, 0.25) is 5.02 Å². The molecule has 0 spiro atoms. The number of nitrogens with zero attached hydrogens (tertiary/aromatic N) is 1. The van der Waals surface area contributed by atoms with Gasteiger partial charge in [-0.05, 0) is 40.2 Å². The van der Waals surface area contributed by atoms with Gasteiger partial charge < -0.3 is 5.32 Å². The summed E-state index contributed by atoms with van der Waals surface area (Å²) in [4.78, 5) is 15.4. The molecule has 1 aromatic carbocycles. The summed E-state index contributed by atoms with van der Waals surface area (Å²) in [5.74, 6) is -1.21. The van der Waals surface area contributed by atoms with E-state index < -0.39 is 11.7 Å². The van der Waals surface area contributed by atoms with Crippen molar-refractivity contribution in [1.82, 2.24) is 4.98 Å². The number of hydrogen-bond donors (Lipinski definition) is 1. The highest BCUT2D eigenvalue weighted by Gasteiger charge is 2.12. The maximum Gasteiger partial charge on any atom is 0.258 e. The zero-order valence-electron chi connectivity index (χ0n) is 8.95. The molecule has 0 aliphatic carbocycles. The Balaban J connectivity index is 2.24. The first-order valence-corrected chi connectivity index (χ1v) is 6.11. The van der Waals surface area contributed by atoms with E-state index in [9.17, 15) is 9.18 Å². The molecule has 2 rings (SSSR count). The smallest absolute Gasteiger partial charge is 0.258 e. The van der Waals surface area contributed by atoms with Gasteiger partial charge in [-0.15, -0.1) is 0 Å². The molecule has 0 fully saturated rings. The molecule has 0 bridgehead atoms. The van der Waals surface area contributed by atoms with Crippen molar-refractivity contribution in [1.29, 1.82) is 0 Å². The molecule has 0 unspecified atom stereocenters. The topological polar surface area (TPSA) is 42.0 Å². The number of amides is 1. The van der Waals surface area contributed by atoms with Gasteiger partial charge in [0.2, 0.25) is 0 Å². The van der Waals surface area contributed by atoms with E-state index in [1.54, 1.807) is 18.2 Å². The zero-order chi connectivity index (χ0) is 13.1. The fourth-order valence-corrected chi connectivity index (χ4v) is 2.12. The molecule has 0 radical (unpaired) electrons. The molecule has 2 aromatic rings. The van der Waals surface area contributed by atoms with Gasteiger partial charge in [0.1, 0.15) is 0 Å². The first-order chi connectivity index (χ1) is 8.58. The third kappa shape index (κ3) is 2.86. The molecule has 3 nitrogen and oxygen atoms in total. The van der Waals surface area contributed by atoms with E-state index >= 15 is 0 Å². The maximum atomic E-state index is 13.4. The second kappa shape index (κ2) is 5.46. The van der Waals surface area contributed by atoms with Gasteiger partial charge in [0.25, 0.3) is 5.91 Å². The standard InChI is InChI=1S/C12H7BrClFN2O/c13-9-5-7(14)1-2-11(9)17-12(18)8-3-4-16-6-10(8)15/h1-6H,(H,17,18). The average Bonchev–Trinajstić information content (AvgIpc) is 2.33. The van der Waals surface area contributed by atoms with Crippen molar-refractivity contribution < 1.29 is 9.18 Å². The minimum absolute atomic E-state index is 0.0631. The molecule has 0 atom stereocenters. The van der Waals surface area contributed by atoms with Crippen LogP contribution in [0, 0.1) is 5.82 Å². The monoisotopic (exact) mass is 328 g/mol. The van der Waals surface area contributed by atoms with Gasteiger partial charge in [-0.2, -0.15) is 0 Å². The number of anilines is 1. The van der Waals surface area contributed by atoms with E-state index in [0.29, 0.717) is 15.2 Å². The predicted octanol–water partition coefficient (Wildman–Crippen LogP) is 3.89. The van der Waals surface area contributed by atoms with Crippen LogP contribution < -0.4 is 5.32 Å². The minimum atomic E-state index is -0.667. The van der Waals surface area contributed by atoms with Crippen LogP contribution in [0.25, 0.3) is 0 Å². The number of nitrogens with one attached hydrogen (secondary N) is 1. The summed E-state index contributed by atoms with van der Waals surface area (Å²) in [6.45, 7) is 0. The maximum absolute atomic E-state index is 13.4. The van der Waals surface area contributed by atoms with Crippen LogP contribution in [0.4, 0.5) is 10.1 Å². The van der Waals surface area contributed by atoms with Crippen LogP contribution in [-0.4, -0.2) is 10.9 Å². The van der Waals surface area contributed by atoms with Crippen LogP contribution in [-0.2, 0) is 0 Å². The number of rotatable bonds is 2. The van der Waals surface area contributed by atoms with Crippen LogP contribution >= 0.6 is 27.5 Å². The SMILES string of the molecule is O=C(Nc1ccc(Cl)cc1Br)c1ccncc1F. The average molecular weight is 330 g/mol. The van der Waals surface area contributed by atoms with Crippen LogP contribution in [0.3, 0.4) is 0 Å². The van der Waals surface area contributed by atoms with Crippen molar-refractivity contribution >= 4 is 39.1 Å². The summed E-state index contributed by atoms with van der Waals surface area (Å²) < 4.78 is 14.0. The Hall–Kier alpha value is -1.46. The lowest BCUT2D eigenvalue weighted by atomic mass is 10.2. The highest BCUT2D eigenvalue weighted by Crippen LogP contribution is 2.26. The van der Waals surface area contributed by atoms with E-state index in [4.69, 9.17) is 11.6 Å². The van der Waals surface area contributed by atoms with Crippen molar-refractivity contribution in [3.63, 3.8) is 0 Å². The quantitative estimate of drug-likeness (QED) is 0.908. The van der Waals surface area contributed by atoms with Gasteiger partial charge in [-0.3, -0.25) is 9.78 Å². The van der Waals surface area contributed by atoms with E-state index in [2.05, 4.69) is 26.2 Å². The summed E-state index contributed by atoms with van der Waals surface area (Å²) in [6, 6.07) is 6.21. The molecule has 1 amide bonds. The van der Waals surface area contributed by atoms with Gasteiger partial charge in [0, 0.05) is 15.7 Å². The van der Waals surface area contributed by atoms with E-state index in [1.165, 1.54) is 12.3 Å². The molecule has 92 valence electrons. The second-order valence-electron chi connectivity index (χ2n) is 3.43. The van der Waals surface area contributed by atoms with E-state index in [1.807, 2.05) is 0 Å². The molecular weight excluding hydrogens is 322 g/mol. The lowest BCUT2D eigenvalue weighted by Gasteiger charge is -2.08. The molecule has 6 heteroatoms. The van der Waals surface area contributed by atoms with Gasteiger partial charge >= 0.3 is 0 Å². The van der Waals surface area contributed by atoms with Crippen molar-refractivity contribution in [2.75, 3.05) is 5.32 Å². The molecule has 18 heavy (non-hydrogen) atoms. The third-order valence-corrected chi connectivity index (χ3v) is 3.09. The number of halogens is 3. The van der Waals surface area contributed by atoms with E-state index in [0.717, 1.165) is 6.20 Å². The van der Waals surface area contributed by atoms with Gasteiger partial charge in [0.15, 0.2) is 5.82 Å². The van der Waals surface area contributed by atoms with Crippen LogP contribution in [0.15, 0.2) is 41.1 Å². The number of benzene rings is 1. The molecular formula is C12H7BrClFN2O. The predicted molar refractivity (Wildman–Crippen MR) is 71.3 cm³/mol. The second-order valence-corrected chi connectivity index (χ2v) is 4.72. The Morgan fingerprint density at radius 3 is 2.83 bits per heavy atom. The number of carbonyl (C=O) groups excluding carboxylic acids is 1. The number of pyridine rings is 1. The zero-order valence-corrected chi connectivity index (χ0v) is 11.3. The minimum Gasteiger partial charge on any atom is -0.321 e. The molecule has 1 N–H and O–H groups in total. The highest BCUT2D eigenvalue weighted by atomic mass is 79.9. The van der Waals surface area contributed by atoms with E-state index in [-0.39, 0.29) is 5.56 Å². The van der Waals surface area contributed by atoms with Crippen molar-refractivity contribution in [2.24, 2.45) is 0 Å². The largest absolute Gasteiger partial charge is 0.321 e. The summed E-state index contributed by atoms with van der Waals surface area (Å²) in [7, 11) is 0. The first kappa shape index (κ1) is 13.0. The molecule has 1 heterocycles. The third-order valence-electron chi connectivity index (χ3n) is 2.20. The van der Waals surface area contributed by atoms with Crippen molar-refractivity contribution in [3.05, 3.63) is 57.5 Å². The lowest BCUT2D eigenvalue weighted by Crippen LogP contribution is -2.14.